The molecule has 0 unspecified atom stereocenters. The summed E-state index contributed by atoms with van der Waals surface area (Å²) in [6, 6.07) is 7.07. The molecule has 0 bridgehead atoms. The molecule has 2 aromatic rings. The van der Waals surface area contributed by atoms with Gasteiger partial charge in [0.2, 0.25) is 0 Å². The van der Waals surface area contributed by atoms with Crippen LogP contribution >= 0.6 is 11.3 Å². The van der Waals surface area contributed by atoms with E-state index in [1.54, 1.807) is 24.3 Å². The second-order valence-electron chi connectivity index (χ2n) is 5.68. The Morgan fingerprint density at radius 2 is 1.78 bits per heavy atom. The van der Waals surface area contributed by atoms with E-state index in [-0.39, 0.29) is 11.8 Å². The van der Waals surface area contributed by atoms with Crippen LogP contribution in [0.4, 0.5) is 5.69 Å². The number of nitrogens with zero attached hydrogens (tertiary/aromatic N) is 2. The predicted molar refractivity (Wildman–Crippen MR) is 91.1 cm³/mol. The van der Waals surface area contributed by atoms with Crippen LogP contribution in [0.15, 0.2) is 24.3 Å². The van der Waals surface area contributed by atoms with Gasteiger partial charge in [-0.05, 0) is 51.0 Å². The lowest BCUT2D eigenvalue weighted by molar-refractivity contribution is 0.0792. The molecule has 5 nitrogen and oxygen atoms in total. The van der Waals surface area contributed by atoms with E-state index in [0.717, 1.165) is 36.6 Å². The fourth-order valence-corrected chi connectivity index (χ4v) is 3.54. The molecule has 3 rings (SSSR count). The van der Waals surface area contributed by atoms with Crippen molar-refractivity contribution in [3.63, 3.8) is 0 Å². The zero-order valence-corrected chi connectivity index (χ0v) is 14.1. The van der Waals surface area contributed by atoms with E-state index in [4.69, 9.17) is 0 Å². The van der Waals surface area contributed by atoms with Gasteiger partial charge >= 0.3 is 0 Å². The van der Waals surface area contributed by atoms with Crippen LogP contribution in [0.5, 0.6) is 0 Å². The number of likely N-dealkylation sites (tertiary alicyclic amines) is 1. The van der Waals surface area contributed by atoms with Crippen molar-refractivity contribution in [3.05, 3.63) is 45.4 Å². The van der Waals surface area contributed by atoms with Crippen molar-refractivity contribution in [1.29, 1.82) is 0 Å². The lowest BCUT2D eigenvalue weighted by atomic mass is 10.2. The lowest BCUT2D eigenvalue weighted by Crippen LogP contribution is -2.27. The molecule has 2 amide bonds. The molecule has 23 heavy (non-hydrogen) atoms. The van der Waals surface area contributed by atoms with Crippen molar-refractivity contribution in [2.75, 3.05) is 18.4 Å². The molecule has 1 aromatic carbocycles. The molecule has 1 saturated heterocycles. The summed E-state index contributed by atoms with van der Waals surface area (Å²) < 4.78 is 0. The van der Waals surface area contributed by atoms with Crippen molar-refractivity contribution >= 4 is 28.8 Å². The van der Waals surface area contributed by atoms with Crippen LogP contribution in [0.1, 0.15) is 43.6 Å². The van der Waals surface area contributed by atoms with Gasteiger partial charge in [0, 0.05) is 24.3 Å². The van der Waals surface area contributed by atoms with Gasteiger partial charge in [0.1, 0.15) is 4.88 Å². The maximum Gasteiger partial charge on any atom is 0.267 e. The van der Waals surface area contributed by atoms with Crippen molar-refractivity contribution in [2.24, 2.45) is 0 Å². The topological polar surface area (TPSA) is 62.3 Å². The third-order valence-electron chi connectivity index (χ3n) is 3.89. The minimum absolute atomic E-state index is 0.0642. The number of aryl methyl sites for hydroxylation is 2. The lowest BCUT2D eigenvalue weighted by Gasteiger charge is -2.15. The van der Waals surface area contributed by atoms with Crippen LogP contribution in [-0.2, 0) is 0 Å². The number of benzene rings is 1. The first-order valence-electron chi connectivity index (χ1n) is 7.69. The van der Waals surface area contributed by atoms with Gasteiger partial charge in [-0.15, -0.1) is 11.3 Å². The van der Waals surface area contributed by atoms with E-state index < -0.39 is 0 Å². The van der Waals surface area contributed by atoms with Gasteiger partial charge in [-0.1, -0.05) is 0 Å². The normalized spacial score (nSPS) is 14.1. The molecule has 0 saturated carbocycles. The Hall–Kier alpha value is -2.21. The van der Waals surface area contributed by atoms with Crippen molar-refractivity contribution in [3.8, 4) is 0 Å². The summed E-state index contributed by atoms with van der Waals surface area (Å²) in [6.45, 7) is 5.38. The third-order valence-corrected chi connectivity index (χ3v) is 4.96. The Bertz CT molecular complexity index is 731. The zero-order valence-electron chi connectivity index (χ0n) is 13.3. The zero-order chi connectivity index (χ0) is 16.4. The number of amides is 2. The summed E-state index contributed by atoms with van der Waals surface area (Å²) in [5.41, 5.74) is 2.08. The Kier molecular flexibility index (Phi) is 4.43. The standard InChI is InChI=1S/C17H19N3O2S/c1-11-15(23-12(2)18-11)16(21)19-14-7-5-13(6-8-14)17(22)20-9-3-4-10-20/h5-8H,3-4,9-10H2,1-2H3,(H,19,21). The van der Waals surface area contributed by atoms with E-state index in [2.05, 4.69) is 10.3 Å². The summed E-state index contributed by atoms with van der Waals surface area (Å²) in [6.07, 6.45) is 2.15. The molecule has 0 atom stereocenters. The van der Waals surface area contributed by atoms with Gasteiger partial charge in [-0.2, -0.15) is 0 Å². The number of carbonyl (C=O) groups excluding carboxylic acids is 2. The first kappa shape index (κ1) is 15.7. The Balaban J connectivity index is 1.68. The average molecular weight is 329 g/mol. The molecule has 1 aliphatic heterocycles. The molecule has 1 aliphatic rings. The van der Waals surface area contributed by atoms with Crippen molar-refractivity contribution < 1.29 is 9.59 Å². The molecule has 120 valence electrons. The average Bonchev–Trinajstić information content (AvgIpc) is 3.17. The Morgan fingerprint density at radius 3 is 2.35 bits per heavy atom. The van der Waals surface area contributed by atoms with E-state index in [1.807, 2.05) is 18.7 Å². The van der Waals surface area contributed by atoms with Crippen molar-refractivity contribution in [1.82, 2.24) is 9.88 Å². The van der Waals surface area contributed by atoms with Gasteiger partial charge in [-0.3, -0.25) is 9.59 Å². The van der Waals surface area contributed by atoms with Crippen LogP contribution in [-0.4, -0.2) is 34.8 Å². The maximum absolute atomic E-state index is 12.3. The number of carbonyl (C=O) groups is 2. The molecular formula is C17H19N3O2S. The Labute approximate surface area is 139 Å². The van der Waals surface area contributed by atoms with Crippen LogP contribution in [0.2, 0.25) is 0 Å². The van der Waals surface area contributed by atoms with E-state index in [1.165, 1.54) is 11.3 Å². The van der Waals surface area contributed by atoms with E-state index in [0.29, 0.717) is 16.1 Å². The number of aromatic nitrogens is 1. The molecule has 1 N–H and O–H groups in total. The number of hydrogen-bond acceptors (Lipinski definition) is 4. The molecule has 0 radical (unpaired) electrons. The highest BCUT2D eigenvalue weighted by atomic mass is 32.1. The third kappa shape index (κ3) is 3.42. The highest BCUT2D eigenvalue weighted by Crippen LogP contribution is 2.20. The smallest absolute Gasteiger partial charge is 0.267 e. The second kappa shape index (κ2) is 6.50. The van der Waals surface area contributed by atoms with Crippen molar-refractivity contribution in [2.45, 2.75) is 26.7 Å². The molecular weight excluding hydrogens is 310 g/mol. The molecule has 0 spiro atoms. The summed E-state index contributed by atoms with van der Waals surface area (Å²) >= 11 is 1.38. The van der Waals surface area contributed by atoms with Crippen LogP contribution in [0, 0.1) is 13.8 Å². The van der Waals surface area contributed by atoms with Gasteiger partial charge in [0.25, 0.3) is 11.8 Å². The van der Waals surface area contributed by atoms with Gasteiger partial charge in [-0.25, -0.2) is 4.98 Å². The highest BCUT2D eigenvalue weighted by molar-refractivity contribution is 7.13. The molecule has 6 heteroatoms. The van der Waals surface area contributed by atoms with Crippen LogP contribution < -0.4 is 5.32 Å². The largest absolute Gasteiger partial charge is 0.339 e. The highest BCUT2D eigenvalue weighted by Gasteiger charge is 2.19. The molecule has 2 heterocycles. The summed E-state index contributed by atoms with van der Waals surface area (Å²) in [5.74, 6) is -0.0963. The first-order valence-corrected chi connectivity index (χ1v) is 8.51. The minimum atomic E-state index is -0.160. The molecule has 0 aliphatic carbocycles. The fourth-order valence-electron chi connectivity index (χ4n) is 2.73. The summed E-state index contributed by atoms with van der Waals surface area (Å²) in [7, 11) is 0. The van der Waals surface area contributed by atoms with Gasteiger partial charge < -0.3 is 10.2 Å². The quantitative estimate of drug-likeness (QED) is 0.940. The molecule has 1 aromatic heterocycles. The maximum atomic E-state index is 12.3. The van der Waals surface area contributed by atoms with Gasteiger partial charge in [0.05, 0.1) is 10.7 Å². The number of rotatable bonds is 3. The van der Waals surface area contributed by atoms with Crippen LogP contribution in [0.25, 0.3) is 0 Å². The number of thiazole rings is 1. The number of anilines is 1. The van der Waals surface area contributed by atoms with E-state index in [9.17, 15) is 9.59 Å². The summed E-state index contributed by atoms with van der Waals surface area (Å²) in [5, 5.41) is 3.73. The monoisotopic (exact) mass is 329 g/mol. The van der Waals surface area contributed by atoms with E-state index >= 15 is 0 Å². The number of nitrogens with one attached hydrogen (secondary N) is 1. The minimum Gasteiger partial charge on any atom is -0.339 e. The number of hydrogen-bond donors (Lipinski definition) is 1. The Morgan fingerprint density at radius 1 is 1.13 bits per heavy atom. The van der Waals surface area contributed by atoms with Crippen LogP contribution in [0.3, 0.4) is 0 Å². The SMILES string of the molecule is Cc1nc(C)c(C(=O)Nc2ccc(C(=O)N3CCCC3)cc2)s1. The fraction of sp³-hybridized carbons (Fsp3) is 0.353. The molecule has 1 fully saturated rings. The summed E-state index contributed by atoms with van der Waals surface area (Å²) in [4.78, 5) is 31.3. The second-order valence-corrected chi connectivity index (χ2v) is 6.88. The first-order chi connectivity index (χ1) is 11.0. The van der Waals surface area contributed by atoms with Gasteiger partial charge in [0.15, 0.2) is 0 Å². The predicted octanol–water partition coefficient (Wildman–Crippen LogP) is 3.25.